The molecule has 0 saturated heterocycles. The Kier molecular flexibility index (Phi) is 3.57. The third-order valence-corrected chi connectivity index (χ3v) is 2.39. The molecular weight excluding hydrogens is 274 g/mol. The maximum Gasteiger partial charge on any atom is 0.337 e. The first kappa shape index (κ1) is 11.8. The van der Waals surface area contributed by atoms with Gasteiger partial charge in [0.15, 0.2) is 0 Å². The summed E-state index contributed by atoms with van der Waals surface area (Å²) in [5, 5.41) is 8.83. The van der Waals surface area contributed by atoms with Crippen molar-refractivity contribution in [3.8, 4) is 0 Å². The molecule has 0 spiro atoms. The van der Waals surface area contributed by atoms with E-state index >= 15 is 0 Å². The fourth-order valence-corrected chi connectivity index (χ4v) is 1.69. The number of hydrogen-bond acceptors (Lipinski definition) is 3. The summed E-state index contributed by atoms with van der Waals surface area (Å²) < 4.78 is 24.7. The van der Waals surface area contributed by atoms with E-state index in [1.54, 1.807) is 0 Å². The zero-order valence-corrected chi connectivity index (χ0v) is 8.96. The Morgan fingerprint density at radius 3 is 2.67 bits per heavy atom. The molecule has 0 aliphatic rings. The predicted molar refractivity (Wildman–Crippen MR) is 53.2 cm³/mol. The smallest absolute Gasteiger partial charge is 0.337 e. The second-order valence-corrected chi connectivity index (χ2v) is 3.25. The van der Waals surface area contributed by atoms with Crippen molar-refractivity contribution in [1.29, 1.82) is 0 Å². The minimum atomic E-state index is -2.81. The first-order valence-corrected chi connectivity index (χ1v) is 4.95. The van der Waals surface area contributed by atoms with Crippen LogP contribution in [0, 0.1) is 0 Å². The van der Waals surface area contributed by atoms with Crippen molar-refractivity contribution in [2.24, 2.45) is 0 Å². The highest BCUT2D eigenvalue weighted by atomic mass is 79.9. The Labute approximate surface area is 92.2 Å². The van der Waals surface area contributed by atoms with Crippen LogP contribution in [0.1, 0.15) is 28.0 Å². The maximum absolute atomic E-state index is 12.4. The second-order valence-electron chi connectivity index (χ2n) is 2.69. The fourth-order valence-electron chi connectivity index (χ4n) is 1.08. The zero-order chi connectivity index (χ0) is 11.6. The van der Waals surface area contributed by atoms with Crippen LogP contribution in [0.25, 0.3) is 0 Å². The highest BCUT2D eigenvalue weighted by molar-refractivity contribution is 9.08. The summed E-state index contributed by atoms with van der Waals surface area (Å²) in [6.07, 6.45) is -1.93. The van der Waals surface area contributed by atoms with Gasteiger partial charge >= 0.3 is 5.97 Å². The monoisotopic (exact) mass is 280 g/mol. The van der Waals surface area contributed by atoms with E-state index in [4.69, 9.17) is 10.8 Å². The number of nitrogens with two attached hydrogens (primary N) is 1. The summed E-state index contributed by atoms with van der Waals surface area (Å²) in [5.74, 6) is -1.25. The third-order valence-electron chi connectivity index (χ3n) is 1.83. The van der Waals surface area contributed by atoms with Crippen LogP contribution in [0.3, 0.4) is 0 Å². The average Bonchev–Trinajstić information content (AvgIpc) is 2.16. The van der Waals surface area contributed by atoms with Gasteiger partial charge in [-0.2, -0.15) is 0 Å². The van der Waals surface area contributed by atoms with Crippen molar-refractivity contribution in [3.63, 3.8) is 0 Å². The number of anilines is 1. The number of aromatic nitrogens is 1. The van der Waals surface area contributed by atoms with Crippen molar-refractivity contribution in [2.45, 2.75) is 11.8 Å². The van der Waals surface area contributed by atoms with E-state index in [0.717, 1.165) is 6.20 Å². The van der Waals surface area contributed by atoms with Gasteiger partial charge in [-0.1, -0.05) is 15.9 Å². The Hall–Kier alpha value is -1.24. The number of carbonyl (C=O) groups is 1. The van der Waals surface area contributed by atoms with Gasteiger partial charge in [0.25, 0.3) is 6.43 Å². The Morgan fingerprint density at radius 1 is 1.67 bits per heavy atom. The number of alkyl halides is 3. The lowest BCUT2D eigenvalue weighted by Gasteiger charge is -2.10. The summed E-state index contributed by atoms with van der Waals surface area (Å²) in [6.45, 7) is 0. The molecule has 0 radical (unpaired) electrons. The lowest BCUT2D eigenvalue weighted by molar-refractivity contribution is 0.0695. The average molecular weight is 281 g/mol. The van der Waals surface area contributed by atoms with Gasteiger partial charge in [-0.15, -0.1) is 0 Å². The molecule has 4 nitrogen and oxygen atoms in total. The maximum atomic E-state index is 12.4. The van der Waals surface area contributed by atoms with Crippen LogP contribution in [-0.4, -0.2) is 16.1 Å². The number of rotatable bonds is 3. The summed E-state index contributed by atoms with van der Waals surface area (Å²) in [6, 6.07) is 0. The third kappa shape index (κ3) is 2.23. The SMILES string of the molecule is Nc1c(C(F)F)ncc(C(=O)O)c1CBr. The van der Waals surface area contributed by atoms with Crippen molar-refractivity contribution in [2.75, 3.05) is 5.73 Å². The predicted octanol–water partition coefficient (Wildman–Crippen LogP) is 2.19. The van der Waals surface area contributed by atoms with Crippen LogP contribution in [0.2, 0.25) is 0 Å². The van der Waals surface area contributed by atoms with Gasteiger partial charge < -0.3 is 10.8 Å². The highest BCUT2D eigenvalue weighted by Crippen LogP contribution is 2.29. The number of nitrogens with zero attached hydrogens (tertiary/aromatic N) is 1. The topological polar surface area (TPSA) is 76.2 Å². The standard InChI is InChI=1S/C8H7BrF2N2O2/c9-1-3-4(8(14)15)2-13-6(5(3)12)7(10)11/h2,7H,1,12H2,(H,14,15). The van der Waals surface area contributed by atoms with Crippen molar-refractivity contribution < 1.29 is 18.7 Å². The number of hydrogen-bond donors (Lipinski definition) is 2. The fraction of sp³-hybridized carbons (Fsp3) is 0.250. The molecule has 1 heterocycles. The van der Waals surface area contributed by atoms with E-state index < -0.39 is 18.1 Å². The Balaban J connectivity index is 3.39. The van der Waals surface area contributed by atoms with Crippen LogP contribution in [0.15, 0.2) is 6.20 Å². The van der Waals surface area contributed by atoms with Crippen LogP contribution in [0.5, 0.6) is 0 Å². The molecule has 0 aliphatic heterocycles. The number of halogens is 3. The molecule has 0 aliphatic carbocycles. The number of carboxylic acid groups (broad SMARTS) is 1. The molecule has 0 amide bonds. The van der Waals surface area contributed by atoms with Crippen LogP contribution in [0.4, 0.5) is 14.5 Å². The van der Waals surface area contributed by atoms with Gasteiger partial charge in [0.1, 0.15) is 5.69 Å². The summed E-state index contributed by atoms with van der Waals surface area (Å²) in [7, 11) is 0. The molecule has 82 valence electrons. The minimum absolute atomic E-state index is 0.0860. The molecule has 0 fully saturated rings. The second kappa shape index (κ2) is 4.52. The first-order chi connectivity index (χ1) is 6.99. The van der Waals surface area contributed by atoms with Gasteiger partial charge in [-0.25, -0.2) is 13.6 Å². The number of carboxylic acids is 1. The molecule has 7 heteroatoms. The molecule has 1 aromatic heterocycles. The molecule has 1 rings (SSSR count). The first-order valence-electron chi connectivity index (χ1n) is 3.83. The van der Waals surface area contributed by atoms with E-state index in [9.17, 15) is 13.6 Å². The lowest BCUT2D eigenvalue weighted by Crippen LogP contribution is -2.09. The van der Waals surface area contributed by atoms with Gasteiger partial charge in [-0.3, -0.25) is 4.98 Å². The molecule has 3 N–H and O–H groups in total. The van der Waals surface area contributed by atoms with E-state index in [1.165, 1.54) is 0 Å². The normalized spacial score (nSPS) is 10.7. The zero-order valence-electron chi connectivity index (χ0n) is 7.38. The van der Waals surface area contributed by atoms with Gasteiger partial charge in [0.05, 0.1) is 11.3 Å². The molecule has 1 aromatic rings. The molecular formula is C8H7BrF2N2O2. The van der Waals surface area contributed by atoms with Crippen molar-refractivity contribution in [3.05, 3.63) is 23.0 Å². The summed E-state index contributed by atoms with van der Waals surface area (Å²) >= 11 is 2.99. The van der Waals surface area contributed by atoms with Crippen LogP contribution in [-0.2, 0) is 5.33 Å². The number of nitrogen functional groups attached to an aromatic ring is 1. The largest absolute Gasteiger partial charge is 0.478 e. The number of pyridine rings is 1. The molecule has 0 unspecified atom stereocenters. The Morgan fingerprint density at radius 2 is 2.27 bits per heavy atom. The lowest BCUT2D eigenvalue weighted by atomic mass is 10.1. The van der Waals surface area contributed by atoms with E-state index in [1.807, 2.05) is 0 Å². The van der Waals surface area contributed by atoms with Gasteiger partial charge in [-0.05, 0) is 0 Å². The molecule has 0 bridgehead atoms. The molecule has 0 aromatic carbocycles. The van der Waals surface area contributed by atoms with Crippen LogP contribution < -0.4 is 5.73 Å². The highest BCUT2D eigenvalue weighted by Gasteiger charge is 2.20. The molecule has 15 heavy (non-hydrogen) atoms. The van der Waals surface area contributed by atoms with E-state index in [-0.39, 0.29) is 22.1 Å². The quantitative estimate of drug-likeness (QED) is 0.833. The Bertz CT molecular complexity index is 398. The summed E-state index contributed by atoms with van der Waals surface area (Å²) in [4.78, 5) is 14.0. The summed E-state index contributed by atoms with van der Waals surface area (Å²) in [5.41, 5.74) is 4.48. The van der Waals surface area contributed by atoms with E-state index in [2.05, 4.69) is 20.9 Å². The molecule has 0 atom stereocenters. The molecule has 0 saturated carbocycles. The number of aromatic carboxylic acids is 1. The van der Waals surface area contributed by atoms with Gasteiger partial charge in [0.2, 0.25) is 0 Å². The van der Waals surface area contributed by atoms with Crippen molar-refractivity contribution in [1.82, 2.24) is 4.98 Å². The van der Waals surface area contributed by atoms with Crippen LogP contribution >= 0.6 is 15.9 Å². The minimum Gasteiger partial charge on any atom is -0.478 e. The van der Waals surface area contributed by atoms with Gasteiger partial charge in [0, 0.05) is 17.1 Å². The van der Waals surface area contributed by atoms with Crippen molar-refractivity contribution >= 4 is 27.6 Å². The van der Waals surface area contributed by atoms with E-state index in [0.29, 0.717) is 0 Å².